The van der Waals surface area contributed by atoms with Gasteiger partial charge in [0.15, 0.2) is 0 Å². The van der Waals surface area contributed by atoms with Crippen LogP contribution in [0.3, 0.4) is 0 Å². The van der Waals surface area contributed by atoms with Crippen LogP contribution in [-0.4, -0.2) is 29.9 Å². The Morgan fingerprint density at radius 2 is 2.23 bits per heavy atom. The Labute approximate surface area is 139 Å². The van der Waals surface area contributed by atoms with Crippen molar-refractivity contribution >= 4 is 39.7 Å². The minimum Gasteiger partial charge on any atom is -0.334 e. The Kier molecular flexibility index (Phi) is 5.42. The Bertz CT molecular complexity index is 688. The molecule has 1 atom stereocenters. The summed E-state index contributed by atoms with van der Waals surface area (Å²) in [6.07, 6.45) is 3.13. The van der Waals surface area contributed by atoms with E-state index in [0.29, 0.717) is 6.54 Å². The molecule has 1 aromatic carbocycles. The summed E-state index contributed by atoms with van der Waals surface area (Å²) in [7, 11) is 0. The molecule has 0 bridgehead atoms. The van der Waals surface area contributed by atoms with Gasteiger partial charge in [-0.2, -0.15) is 0 Å². The summed E-state index contributed by atoms with van der Waals surface area (Å²) >= 11 is 1.45. The van der Waals surface area contributed by atoms with Crippen molar-refractivity contribution in [2.24, 2.45) is 5.73 Å². The van der Waals surface area contributed by atoms with E-state index in [1.54, 1.807) is 6.07 Å². The zero-order chi connectivity index (χ0) is 15.0. The highest BCUT2D eigenvalue weighted by Gasteiger charge is 2.28. The first-order valence-electron chi connectivity index (χ1n) is 7.31. The van der Waals surface area contributed by atoms with E-state index in [-0.39, 0.29) is 30.2 Å². The summed E-state index contributed by atoms with van der Waals surface area (Å²) < 4.78 is 14.3. The van der Waals surface area contributed by atoms with E-state index >= 15 is 0 Å². The third-order valence-electron chi connectivity index (χ3n) is 4.25. The molecule has 6 heteroatoms. The van der Waals surface area contributed by atoms with Crippen LogP contribution < -0.4 is 5.73 Å². The lowest BCUT2D eigenvalue weighted by atomic mass is 10.0. The summed E-state index contributed by atoms with van der Waals surface area (Å²) in [5, 5.41) is 0.838. The van der Waals surface area contributed by atoms with Crippen LogP contribution in [0.1, 0.15) is 34.5 Å². The van der Waals surface area contributed by atoms with Crippen LogP contribution in [0.15, 0.2) is 18.2 Å². The van der Waals surface area contributed by atoms with E-state index in [1.165, 1.54) is 23.5 Å². The molecule has 1 saturated heterocycles. The topological polar surface area (TPSA) is 46.3 Å². The summed E-state index contributed by atoms with van der Waals surface area (Å²) in [4.78, 5) is 15.5. The fourth-order valence-electron chi connectivity index (χ4n) is 3.04. The molecule has 3 nitrogen and oxygen atoms in total. The van der Waals surface area contributed by atoms with Crippen molar-refractivity contribution in [3.8, 4) is 0 Å². The summed E-state index contributed by atoms with van der Waals surface area (Å²) in [5.41, 5.74) is 6.68. The smallest absolute Gasteiger partial charge is 0.264 e. The van der Waals surface area contributed by atoms with Gasteiger partial charge in [-0.1, -0.05) is 0 Å². The maximum atomic E-state index is 13.4. The number of nitrogens with two attached hydrogens (primary N) is 1. The van der Waals surface area contributed by atoms with Crippen molar-refractivity contribution in [3.63, 3.8) is 0 Å². The molecule has 22 heavy (non-hydrogen) atoms. The van der Waals surface area contributed by atoms with Gasteiger partial charge >= 0.3 is 0 Å². The predicted molar refractivity (Wildman–Crippen MR) is 91.5 cm³/mol. The fraction of sp³-hybridized carbons (Fsp3) is 0.438. The SMILES string of the molecule is Cc1c(C(=O)N2CCCCC2CN)sc2ccc(F)cc12.Cl. The van der Waals surface area contributed by atoms with Crippen LogP contribution in [0, 0.1) is 12.7 Å². The highest BCUT2D eigenvalue weighted by atomic mass is 35.5. The second kappa shape index (κ2) is 6.94. The monoisotopic (exact) mass is 342 g/mol. The Balaban J connectivity index is 0.00000176. The van der Waals surface area contributed by atoms with Gasteiger partial charge in [-0.05, 0) is 55.3 Å². The molecule has 0 spiro atoms. The molecule has 1 aliphatic rings. The third-order valence-corrected chi connectivity index (χ3v) is 5.51. The van der Waals surface area contributed by atoms with Gasteiger partial charge in [0.25, 0.3) is 5.91 Å². The lowest BCUT2D eigenvalue weighted by Crippen LogP contribution is -2.47. The van der Waals surface area contributed by atoms with Gasteiger partial charge in [-0.3, -0.25) is 4.79 Å². The zero-order valence-electron chi connectivity index (χ0n) is 12.5. The number of piperidine rings is 1. The molecule has 3 rings (SSSR count). The lowest BCUT2D eigenvalue weighted by molar-refractivity contribution is 0.0628. The molecule has 2 heterocycles. The zero-order valence-corrected chi connectivity index (χ0v) is 14.1. The second-order valence-corrected chi connectivity index (χ2v) is 6.63. The first-order valence-corrected chi connectivity index (χ1v) is 8.13. The minimum absolute atomic E-state index is 0. The van der Waals surface area contributed by atoms with Crippen LogP contribution >= 0.6 is 23.7 Å². The van der Waals surface area contributed by atoms with Gasteiger partial charge in [0, 0.05) is 23.8 Å². The number of benzene rings is 1. The molecule has 1 amide bonds. The van der Waals surface area contributed by atoms with Crippen molar-refractivity contribution in [3.05, 3.63) is 34.5 Å². The molecule has 1 aliphatic heterocycles. The number of nitrogens with zero attached hydrogens (tertiary/aromatic N) is 1. The van der Waals surface area contributed by atoms with Crippen LogP contribution in [0.25, 0.3) is 10.1 Å². The number of thiophene rings is 1. The van der Waals surface area contributed by atoms with Crippen molar-refractivity contribution < 1.29 is 9.18 Å². The lowest BCUT2D eigenvalue weighted by Gasteiger charge is -2.34. The maximum absolute atomic E-state index is 13.4. The number of carbonyl (C=O) groups is 1. The second-order valence-electron chi connectivity index (χ2n) is 5.58. The maximum Gasteiger partial charge on any atom is 0.264 e. The summed E-state index contributed by atoms with van der Waals surface area (Å²) in [6.45, 7) is 3.17. The van der Waals surface area contributed by atoms with Crippen LogP contribution in [0.5, 0.6) is 0 Å². The van der Waals surface area contributed by atoms with Gasteiger partial charge in [-0.25, -0.2) is 4.39 Å². The predicted octanol–water partition coefficient (Wildman–Crippen LogP) is 3.72. The van der Waals surface area contributed by atoms with Gasteiger partial charge < -0.3 is 10.6 Å². The number of aryl methyl sites for hydroxylation is 1. The fourth-order valence-corrected chi connectivity index (χ4v) is 4.19. The van der Waals surface area contributed by atoms with Crippen molar-refractivity contribution in [2.45, 2.75) is 32.2 Å². The van der Waals surface area contributed by atoms with E-state index in [9.17, 15) is 9.18 Å². The first kappa shape index (κ1) is 17.2. The number of carbonyl (C=O) groups excluding carboxylic acids is 1. The number of likely N-dealkylation sites (tertiary alicyclic amines) is 1. The number of halogens is 2. The van der Waals surface area contributed by atoms with Gasteiger partial charge in [0.1, 0.15) is 5.82 Å². The molecule has 0 aliphatic carbocycles. The van der Waals surface area contributed by atoms with Gasteiger partial charge in [0.2, 0.25) is 0 Å². The van der Waals surface area contributed by atoms with Crippen molar-refractivity contribution in [1.82, 2.24) is 4.90 Å². The largest absolute Gasteiger partial charge is 0.334 e. The summed E-state index contributed by atoms with van der Waals surface area (Å²) in [6, 6.07) is 4.83. The van der Waals surface area contributed by atoms with Gasteiger partial charge in [-0.15, -0.1) is 23.7 Å². The molecular formula is C16H20ClFN2OS. The number of hydrogen-bond donors (Lipinski definition) is 1. The molecular weight excluding hydrogens is 323 g/mol. The Hall–Kier alpha value is -1.17. The normalized spacial score (nSPS) is 18.3. The Morgan fingerprint density at radius 3 is 2.95 bits per heavy atom. The average molecular weight is 343 g/mol. The first-order chi connectivity index (χ1) is 10.1. The number of rotatable bonds is 2. The average Bonchev–Trinajstić information content (AvgIpc) is 2.83. The van der Waals surface area contributed by atoms with E-state index in [4.69, 9.17) is 5.73 Å². The van der Waals surface area contributed by atoms with Crippen molar-refractivity contribution in [1.29, 1.82) is 0 Å². The van der Waals surface area contributed by atoms with E-state index in [0.717, 1.165) is 46.3 Å². The highest BCUT2D eigenvalue weighted by Crippen LogP contribution is 2.33. The van der Waals surface area contributed by atoms with E-state index in [2.05, 4.69) is 0 Å². The highest BCUT2D eigenvalue weighted by molar-refractivity contribution is 7.21. The van der Waals surface area contributed by atoms with Crippen molar-refractivity contribution in [2.75, 3.05) is 13.1 Å². The molecule has 2 aromatic rings. The number of amides is 1. The molecule has 1 unspecified atom stereocenters. The standard InChI is InChI=1S/C16H19FN2OS.ClH/c1-10-13-8-11(17)5-6-14(13)21-15(10)16(20)19-7-3-2-4-12(19)9-18;/h5-6,8,12H,2-4,7,9,18H2,1H3;1H. The van der Waals surface area contributed by atoms with Crippen LogP contribution in [0.2, 0.25) is 0 Å². The van der Waals surface area contributed by atoms with E-state index < -0.39 is 0 Å². The van der Waals surface area contributed by atoms with Gasteiger partial charge in [0.05, 0.1) is 4.88 Å². The van der Waals surface area contributed by atoms with E-state index in [1.807, 2.05) is 11.8 Å². The van der Waals surface area contributed by atoms with Crippen LogP contribution in [-0.2, 0) is 0 Å². The number of hydrogen-bond acceptors (Lipinski definition) is 3. The third kappa shape index (κ3) is 2.98. The molecule has 2 N–H and O–H groups in total. The number of fused-ring (bicyclic) bond motifs is 1. The molecule has 0 radical (unpaired) electrons. The molecule has 120 valence electrons. The summed E-state index contributed by atoms with van der Waals surface area (Å²) in [5.74, 6) is -0.218. The molecule has 0 saturated carbocycles. The molecule has 1 aromatic heterocycles. The molecule has 1 fully saturated rings. The quantitative estimate of drug-likeness (QED) is 0.904. The van der Waals surface area contributed by atoms with Crippen LogP contribution in [0.4, 0.5) is 4.39 Å². The Morgan fingerprint density at radius 1 is 1.45 bits per heavy atom. The minimum atomic E-state index is -0.264.